The zero-order chi connectivity index (χ0) is 10.3. The van der Waals surface area contributed by atoms with Gasteiger partial charge in [-0.3, -0.25) is 4.68 Å². The summed E-state index contributed by atoms with van der Waals surface area (Å²) in [6.07, 6.45) is 1.65. The maximum absolute atomic E-state index is 10.8. The van der Waals surface area contributed by atoms with E-state index in [2.05, 4.69) is 21.0 Å². The monoisotopic (exact) mass is 254 g/mol. The minimum absolute atomic E-state index is 0.255. The van der Waals surface area contributed by atoms with Crippen molar-refractivity contribution in [2.75, 3.05) is 0 Å². The molecule has 0 fully saturated rings. The first-order valence-corrected chi connectivity index (χ1v) is 4.73. The van der Waals surface area contributed by atoms with Gasteiger partial charge in [-0.25, -0.2) is 4.79 Å². The number of nitrogens with zero attached hydrogens (tertiary/aromatic N) is 2. The zero-order valence-corrected chi connectivity index (χ0v) is 8.95. The predicted octanol–water partition coefficient (Wildman–Crippen LogP) is 2.03. The second kappa shape index (κ2) is 3.09. The summed E-state index contributed by atoms with van der Waals surface area (Å²) in [5, 5.41) is 13.7. The molecule has 2 rings (SSSR count). The lowest BCUT2D eigenvalue weighted by Gasteiger charge is -2.00. The number of hydrogen-bond donors (Lipinski definition) is 1. The van der Waals surface area contributed by atoms with E-state index < -0.39 is 5.97 Å². The Balaban J connectivity index is 2.79. The molecule has 0 spiro atoms. The van der Waals surface area contributed by atoms with Crippen LogP contribution in [0.15, 0.2) is 22.8 Å². The van der Waals surface area contributed by atoms with Crippen LogP contribution in [0.25, 0.3) is 10.9 Å². The van der Waals surface area contributed by atoms with E-state index in [0.717, 1.165) is 10.9 Å². The topological polar surface area (TPSA) is 55.1 Å². The van der Waals surface area contributed by atoms with Gasteiger partial charge in [-0.2, -0.15) is 5.10 Å². The maximum Gasteiger partial charge on any atom is 0.336 e. The quantitative estimate of drug-likeness (QED) is 0.848. The molecule has 1 heterocycles. The van der Waals surface area contributed by atoms with Gasteiger partial charge in [-0.1, -0.05) is 0 Å². The van der Waals surface area contributed by atoms with Crippen LogP contribution in [0.4, 0.5) is 0 Å². The number of benzene rings is 1. The molecule has 4 nitrogen and oxygen atoms in total. The van der Waals surface area contributed by atoms with Gasteiger partial charge in [0.05, 0.1) is 17.3 Å². The summed E-state index contributed by atoms with van der Waals surface area (Å²) in [5.41, 5.74) is 1.16. The van der Waals surface area contributed by atoms with Crippen LogP contribution in [0.2, 0.25) is 0 Å². The lowest BCUT2D eigenvalue weighted by molar-refractivity contribution is 0.0696. The van der Waals surface area contributed by atoms with Crippen molar-refractivity contribution in [2.24, 2.45) is 7.05 Å². The Morgan fingerprint density at radius 1 is 1.57 bits per heavy atom. The van der Waals surface area contributed by atoms with Crippen LogP contribution in [-0.2, 0) is 7.05 Å². The molecule has 0 bridgehead atoms. The smallest absolute Gasteiger partial charge is 0.336 e. The molecule has 72 valence electrons. The Labute approximate surface area is 88.3 Å². The zero-order valence-electron chi connectivity index (χ0n) is 7.36. The number of fused-ring (bicyclic) bond motifs is 1. The molecule has 0 amide bonds. The van der Waals surface area contributed by atoms with Gasteiger partial charge >= 0.3 is 5.97 Å². The molecule has 1 aromatic carbocycles. The molecule has 0 saturated carbocycles. The Morgan fingerprint density at radius 2 is 2.29 bits per heavy atom. The summed E-state index contributed by atoms with van der Waals surface area (Å²) >= 11 is 3.21. The number of aromatic carboxylic acids is 1. The third-order valence-corrected chi connectivity index (χ3v) is 2.72. The fourth-order valence-electron chi connectivity index (χ4n) is 1.34. The van der Waals surface area contributed by atoms with Crippen LogP contribution in [0, 0.1) is 0 Å². The third kappa shape index (κ3) is 1.29. The number of aromatic nitrogens is 2. The van der Waals surface area contributed by atoms with E-state index >= 15 is 0 Å². The number of hydrogen-bond acceptors (Lipinski definition) is 2. The standard InChI is InChI=1S/C9H7BrN2O2/c1-12-8-3-7(10)6(9(13)14)2-5(8)4-11-12/h2-4H,1H3,(H,13,14). The molecular weight excluding hydrogens is 248 g/mol. The Bertz CT molecular complexity index is 519. The molecule has 0 saturated heterocycles. The summed E-state index contributed by atoms with van der Waals surface area (Å²) < 4.78 is 2.27. The molecule has 5 heteroatoms. The highest BCUT2D eigenvalue weighted by atomic mass is 79.9. The summed E-state index contributed by atoms with van der Waals surface area (Å²) in [6, 6.07) is 3.36. The minimum atomic E-state index is -0.942. The minimum Gasteiger partial charge on any atom is -0.478 e. The van der Waals surface area contributed by atoms with Gasteiger partial charge in [0.25, 0.3) is 0 Å². The van der Waals surface area contributed by atoms with Crippen LogP contribution >= 0.6 is 15.9 Å². The van der Waals surface area contributed by atoms with Gasteiger partial charge in [0.15, 0.2) is 0 Å². The van der Waals surface area contributed by atoms with Gasteiger partial charge in [0.2, 0.25) is 0 Å². The lowest BCUT2D eigenvalue weighted by Crippen LogP contribution is -1.97. The van der Waals surface area contributed by atoms with E-state index in [9.17, 15) is 4.79 Å². The van der Waals surface area contributed by atoms with Crippen LogP contribution in [-0.4, -0.2) is 20.9 Å². The van der Waals surface area contributed by atoms with Gasteiger partial charge in [0, 0.05) is 16.9 Å². The molecule has 1 aromatic heterocycles. The van der Waals surface area contributed by atoms with Crippen molar-refractivity contribution in [2.45, 2.75) is 0 Å². The van der Waals surface area contributed by atoms with E-state index in [4.69, 9.17) is 5.11 Å². The molecule has 0 aliphatic carbocycles. The predicted molar refractivity (Wildman–Crippen MR) is 55.4 cm³/mol. The van der Waals surface area contributed by atoms with Crippen molar-refractivity contribution in [3.8, 4) is 0 Å². The van der Waals surface area contributed by atoms with Crippen molar-refractivity contribution < 1.29 is 9.90 Å². The Morgan fingerprint density at radius 3 is 2.93 bits per heavy atom. The van der Waals surface area contributed by atoms with Gasteiger partial charge in [-0.15, -0.1) is 0 Å². The number of halogens is 1. The van der Waals surface area contributed by atoms with Gasteiger partial charge in [0.1, 0.15) is 0 Å². The number of carboxylic acids is 1. The Kier molecular flexibility index (Phi) is 2.03. The first-order valence-electron chi connectivity index (χ1n) is 3.94. The molecule has 0 aliphatic heterocycles. The summed E-state index contributed by atoms with van der Waals surface area (Å²) in [6.45, 7) is 0. The van der Waals surface area contributed by atoms with E-state index in [1.807, 2.05) is 7.05 Å². The molecule has 0 aliphatic rings. The van der Waals surface area contributed by atoms with Crippen molar-refractivity contribution in [3.63, 3.8) is 0 Å². The van der Waals surface area contributed by atoms with Gasteiger partial charge < -0.3 is 5.11 Å². The van der Waals surface area contributed by atoms with Crippen LogP contribution in [0.1, 0.15) is 10.4 Å². The average molecular weight is 255 g/mol. The van der Waals surface area contributed by atoms with E-state index in [0.29, 0.717) is 4.47 Å². The third-order valence-electron chi connectivity index (χ3n) is 2.07. The molecule has 2 aromatic rings. The summed E-state index contributed by atoms with van der Waals surface area (Å²) in [4.78, 5) is 10.8. The highest BCUT2D eigenvalue weighted by Crippen LogP contribution is 2.23. The first-order chi connectivity index (χ1) is 6.59. The second-order valence-corrected chi connectivity index (χ2v) is 3.82. The van der Waals surface area contributed by atoms with Crippen LogP contribution in [0.5, 0.6) is 0 Å². The van der Waals surface area contributed by atoms with Crippen LogP contribution in [0.3, 0.4) is 0 Å². The molecule has 0 radical (unpaired) electrons. The molecular formula is C9H7BrN2O2. The van der Waals surface area contributed by atoms with E-state index in [1.165, 1.54) is 0 Å². The first kappa shape index (κ1) is 9.21. The molecule has 1 N–H and O–H groups in total. The maximum atomic E-state index is 10.8. The average Bonchev–Trinajstić information content (AvgIpc) is 2.46. The molecule has 14 heavy (non-hydrogen) atoms. The SMILES string of the molecule is Cn1ncc2cc(C(=O)O)c(Br)cc21. The highest BCUT2D eigenvalue weighted by Gasteiger charge is 2.11. The molecule has 0 unspecified atom stereocenters. The van der Waals surface area contributed by atoms with Crippen molar-refractivity contribution >= 4 is 32.8 Å². The Hall–Kier alpha value is -1.36. The lowest BCUT2D eigenvalue weighted by atomic mass is 10.1. The largest absolute Gasteiger partial charge is 0.478 e. The number of carbonyl (C=O) groups is 1. The second-order valence-electron chi connectivity index (χ2n) is 2.96. The fraction of sp³-hybridized carbons (Fsp3) is 0.111. The number of aryl methyl sites for hydroxylation is 1. The number of carboxylic acid groups (broad SMARTS) is 1. The number of rotatable bonds is 1. The van der Waals surface area contributed by atoms with Gasteiger partial charge in [-0.05, 0) is 28.1 Å². The van der Waals surface area contributed by atoms with Crippen molar-refractivity contribution in [1.82, 2.24) is 9.78 Å². The van der Waals surface area contributed by atoms with E-state index in [1.54, 1.807) is 23.0 Å². The summed E-state index contributed by atoms with van der Waals surface area (Å²) in [7, 11) is 1.81. The van der Waals surface area contributed by atoms with E-state index in [-0.39, 0.29) is 5.56 Å². The summed E-state index contributed by atoms with van der Waals surface area (Å²) in [5.74, 6) is -0.942. The van der Waals surface area contributed by atoms with Crippen molar-refractivity contribution in [3.05, 3.63) is 28.4 Å². The van der Waals surface area contributed by atoms with Crippen LogP contribution < -0.4 is 0 Å². The fourth-order valence-corrected chi connectivity index (χ4v) is 1.84. The normalized spacial score (nSPS) is 10.7. The molecule has 0 atom stereocenters. The highest BCUT2D eigenvalue weighted by molar-refractivity contribution is 9.10. The van der Waals surface area contributed by atoms with Crippen molar-refractivity contribution in [1.29, 1.82) is 0 Å².